The second-order valence-electron chi connectivity index (χ2n) is 6.47. The topological polar surface area (TPSA) is 148 Å². The number of carbonyl (C=O) groups is 2. The van der Waals surface area contributed by atoms with Gasteiger partial charge in [-0.05, 0) is 25.0 Å². The number of nitrogens with one attached hydrogen (secondary N) is 2. The molecular weight excluding hydrogens is 404 g/mol. The van der Waals surface area contributed by atoms with E-state index in [0.717, 1.165) is 31.7 Å². The molecule has 0 unspecified atom stereocenters. The molecule has 1 amide bonds. The summed E-state index contributed by atoms with van der Waals surface area (Å²) in [6.45, 7) is 0.0783. The summed E-state index contributed by atoms with van der Waals surface area (Å²) in [7, 11) is -2.71. The van der Waals surface area contributed by atoms with E-state index in [9.17, 15) is 28.1 Å². The third kappa shape index (κ3) is 6.39. The maximum absolute atomic E-state index is 12.3. The predicted molar refractivity (Wildman–Crippen MR) is 104 cm³/mol. The normalized spacial score (nSPS) is 14.7. The Kier molecular flexibility index (Phi) is 7.91. The van der Waals surface area contributed by atoms with Gasteiger partial charge in [0.25, 0.3) is 11.6 Å². The van der Waals surface area contributed by atoms with E-state index in [1.165, 1.54) is 19.2 Å². The van der Waals surface area contributed by atoms with Crippen LogP contribution in [0.3, 0.4) is 0 Å². The van der Waals surface area contributed by atoms with Crippen molar-refractivity contribution in [2.75, 3.05) is 38.6 Å². The van der Waals surface area contributed by atoms with Gasteiger partial charge in [-0.15, -0.1) is 0 Å². The smallest absolute Gasteiger partial charge is 0.321 e. The van der Waals surface area contributed by atoms with E-state index < -0.39 is 39.8 Å². The van der Waals surface area contributed by atoms with Crippen LogP contribution in [0.4, 0.5) is 11.4 Å². The van der Waals surface area contributed by atoms with E-state index in [-0.39, 0.29) is 16.5 Å². The standard InChI is InChI=1S/C17H24N4O7S/c1-18-14-7-6-13(10-15(14)21(24)25)29(26,27)19-11-17(23)28-12-16(22)20-8-4-2-3-5-9-20/h6-7,10,18-19H,2-5,8-9,11-12H2,1H3. The van der Waals surface area contributed by atoms with E-state index >= 15 is 0 Å². The zero-order valence-electron chi connectivity index (χ0n) is 16.0. The van der Waals surface area contributed by atoms with Gasteiger partial charge in [-0.3, -0.25) is 19.7 Å². The molecule has 1 aliphatic heterocycles. The summed E-state index contributed by atoms with van der Waals surface area (Å²) in [6.07, 6.45) is 3.91. The number of hydrogen-bond donors (Lipinski definition) is 2. The molecule has 1 fully saturated rings. The lowest BCUT2D eigenvalue weighted by Crippen LogP contribution is -2.37. The van der Waals surface area contributed by atoms with Crippen LogP contribution in [0.5, 0.6) is 0 Å². The highest BCUT2D eigenvalue weighted by molar-refractivity contribution is 7.89. The third-order valence-corrected chi connectivity index (χ3v) is 5.87. The molecule has 0 saturated carbocycles. The van der Waals surface area contributed by atoms with Crippen LogP contribution in [-0.4, -0.2) is 63.4 Å². The van der Waals surface area contributed by atoms with Crippen molar-refractivity contribution in [3.63, 3.8) is 0 Å². The molecule has 160 valence electrons. The van der Waals surface area contributed by atoms with Crippen molar-refractivity contribution in [2.24, 2.45) is 0 Å². The number of nitro groups is 1. The highest BCUT2D eigenvalue weighted by Gasteiger charge is 2.22. The molecular formula is C17H24N4O7S. The van der Waals surface area contributed by atoms with Crippen LogP contribution in [0.2, 0.25) is 0 Å². The average Bonchev–Trinajstić information content (AvgIpc) is 2.99. The quantitative estimate of drug-likeness (QED) is 0.352. The van der Waals surface area contributed by atoms with Crippen LogP contribution in [0.1, 0.15) is 25.7 Å². The molecule has 0 atom stereocenters. The largest absolute Gasteiger partial charge is 0.455 e. The van der Waals surface area contributed by atoms with Crippen LogP contribution >= 0.6 is 0 Å². The van der Waals surface area contributed by atoms with Gasteiger partial charge in [0, 0.05) is 26.2 Å². The van der Waals surface area contributed by atoms with E-state index in [1.54, 1.807) is 4.90 Å². The zero-order valence-corrected chi connectivity index (χ0v) is 16.9. The van der Waals surface area contributed by atoms with E-state index in [0.29, 0.717) is 13.1 Å². The monoisotopic (exact) mass is 428 g/mol. The number of sulfonamides is 1. The van der Waals surface area contributed by atoms with Gasteiger partial charge in [-0.25, -0.2) is 8.42 Å². The molecule has 29 heavy (non-hydrogen) atoms. The van der Waals surface area contributed by atoms with Crippen molar-refractivity contribution in [1.29, 1.82) is 0 Å². The maximum Gasteiger partial charge on any atom is 0.321 e. The number of hydrogen-bond acceptors (Lipinski definition) is 8. The van der Waals surface area contributed by atoms with Gasteiger partial charge in [-0.2, -0.15) is 4.72 Å². The van der Waals surface area contributed by atoms with Gasteiger partial charge < -0.3 is 15.0 Å². The molecule has 1 aromatic carbocycles. The first kappa shape index (κ1) is 22.6. The number of ether oxygens (including phenoxy) is 1. The van der Waals surface area contributed by atoms with E-state index in [2.05, 4.69) is 5.32 Å². The van der Waals surface area contributed by atoms with E-state index in [1.807, 2.05) is 4.72 Å². The van der Waals surface area contributed by atoms with Gasteiger partial charge in [0.2, 0.25) is 10.0 Å². The summed E-state index contributed by atoms with van der Waals surface area (Å²) in [5.41, 5.74) is -0.263. The minimum atomic E-state index is -4.18. The number of nitro benzene ring substituents is 1. The van der Waals surface area contributed by atoms with Gasteiger partial charge >= 0.3 is 5.97 Å². The van der Waals surface area contributed by atoms with Crippen molar-refractivity contribution >= 4 is 33.3 Å². The Morgan fingerprint density at radius 3 is 2.45 bits per heavy atom. The Bertz CT molecular complexity index is 865. The summed E-state index contributed by atoms with van der Waals surface area (Å²) in [6, 6.07) is 3.32. The van der Waals surface area contributed by atoms with Crippen LogP contribution in [0.25, 0.3) is 0 Å². The molecule has 2 rings (SSSR count). The van der Waals surface area contributed by atoms with E-state index in [4.69, 9.17) is 4.74 Å². The highest BCUT2D eigenvalue weighted by Crippen LogP contribution is 2.26. The Balaban J connectivity index is 1.91. The summed E-state index contributed by atoms with van der Waals surface area (Å²) < 4.78 is 31.5. The molecule has 0 radical (unpaired) electrons. The minimum absolute atomic E-state index is 0.153. The number of rotatable bonds is 8. The predicted octanol–water partition coefficient (Wildman–Crippen LogP) is 0.861. The second-order valence-corrected chi connectivity index (χ2v) is 8.23. The first-order valence-corrected chi connectivity index (χ1v) is 10.6. The first-order valence-electron chi connectivity index (χ1n) is 9.14. The lowest BCUT2D eigenvalue weighted by atomic mass is 10.2. The Morgan fingerprint density at radius 1 is 1.21 bits per heavy atom. The Morgan fingerprint density at radius 2 is 1.86 bits per heavy atom. The van der Waals surface area contributed by atoms with Crippen molar-refractivity contribution in [2.45, 2.75) is 30.6 Å². The summed E-state index contributed by atoms with van der Waals surface area (Å²) in [4.78, 5) is 35.5. The van der Waals surface area contributed by atoms with Crippen molar-refractivity contribution < 1.29 is 27.7 Å². The Hall–Kier alpha value is -2.73. The van der Waals surface area contributed by atoms with Crippen LogP contribution in [0, 0.1) is 10.1 Å². The molecule has 1 saturated heterocycles. The summed E-state index contributed by atoms with van der Waals surface area (Å²) >= 11 is 0. The molecule has 0 aliphatic carbocycles. The third-order valence-electron chi connectivity index (χ3n) is 4.47. The molecule has 0 aromatic heterocycles. The summed E-state index contributed by atoms with van der Waals surface area (Å²) in [5, 5.41) is 13.7. The molecule has 0 bridgehead atoms. The van der Waals surface area contributed by atoms with Crippen molar-refractivity contribution in [3.05, 3.63) is 28.3 Å². The highest BCUT2D eigenvalue weighted by atomic mass is 32.2. The van der Waals surface area contributed by atoms with Crippen LogP contribution in [-0.2, 0) is 24.3 Å². The van der Waals surface area contributed by atoms with Gasteiger partial charge in [0.1, 0.15) is 12.2 Å². The molecule has 1 aliphatic rings. The average molecular weight is 428 g/mol. The summed E-state index contributed by atoms with van der Waals surface area (Å²) in [5.74, 6) is -1.24. The van der Waals surface area contributed by atoms with Gasteiger partial charge in [-0.1, -0.05) is 12.8 Å². The molecule has 0 spiro atoms. The molecule has 12 heteroatoms. The minimum Gasteiger partial charge on any atom is -0.455 e. The number of anilines is 1. The zero-order chi connectivity index (χ0) is 21.4. The van der Waals surface area contributed by atoms with Gasteiger partial charge in [0.05, 0.1) is 9.82 Å². The number of esters is 1. The molecule has 11 nitrogen and oxygen atoms in total. The lowest BCUT2D eigenvalue weighted by Gasteiger charge is -2.19. The van der Waals surface area contributed by atoms with Crippen molar-refractivity contribution in [1.82, 2.24) is 9.62 Å². The molecule has 2 N–H and O–H groups in total. The SMILES string of the molecule is CNc1ccc(S(=O)(=O)NCC(=O)OCC(=O)N2CCCCCC2)cc1[N+](=O)[O-]. The Labute approximate surface area is 168 Å². The number of amides is 1. The van der Waals surface area contributed by atoms with Crippen molar-refractivity contribution in [3.8, 4) is 0 Å². The van der Waals surface area contributed by atoms with Crippen LogP contribution < -0.4 is 10.0 Å². The lowest BCUT2D eigenvalue weighted by molar-refractivity contribution is -0.384. The van der Waals surface area contributed by atoms with Crippen LogP contribution in [0.15, 0.2) is 23.1 Å². The second kappa shape index (κ2) is 10.2. The first-order chi connectivity index (χ1) is 13.7. The molecule has 1 aromatic rings. The number of benzene rings is 1. The fourth-order valence-electron chi connectivity index (χ4n) is 2.88. The maximum atomic E-state index is 12.3. The number of likely N-dealkylation sites (tertiary alicyclic amines) is 1. The number of carbonyl (C=O) groups excluding carboxylic acids is 2. The molecule has 1 heterocycles. The van der Waals surface area contributed by atoms with Gasteiger partial charge in [0.15, 0.2) is 6.61 Å². The number of nitrogens with zero attached hydrogens (tertiary/aromatic N) is 2. The fraction of sp³-hybridized carbons (Fsp3) is 0.529. The fourth-order valence-corrected chi connectivity index (χ4v) is 3.87.